The van der Waals surface area contributed by atoms with Gasteiger partial charge in [0.25, 0.3) is 0 Å². The zero-order chi connectivity index (χ0) is 14.0. The number of rotatable bonds is 2. The Hall–Kier alpha value is -1.40. The number of carbonyl (C=O) groups is 1. The molecule has 0 aliphatic carbocycles. The molecule has 1 aliphatic rings. The molecule has 0 bridgehead atoms. The van der Waals surface area contributed by atoms with Gasteiger partial charge in [-0.25, -0.2) is 0 Å². The lowest BCUT2D eigenvalue weighted by atomic mass is 9.98. The zero-order valence-corrected chi connectivity index (χ0v) is 10.4. The van der Waals surface area contributed by atoms with Gasteiger partial charge in [-0.1, -0.05) is 6.07 Å². The number of nitrogens with one attached hydrogen (secondary N) is 1. The van der Waals surface area contributed by atoms with E-state index in [2.05, 4.69) is 5.32 Å². The van der Waals surface area contributed by atoms with Gasteiger partial charge in [0.1, 0.15) is 6.10 Å². The molecule has 0 spiro atoms. The molecule has 1 aromatic rings. The fraction of sp³-hybridized carbons (Fsp3) is 0.462. The molecule has 0 saturated carbocycles. The Bertz CT molecular complexity index is 479. The molecule has 1 N–H and O–H groups in total. The van der Waals surface area contributed by atoms with Crippen molar-refractivity contribution in [3.8, 4) is 0 Å². The van der Waals surface area contributed by atoms with Crippen LogP contribution in [0.5, 0.6) is 0 Å². The lowest BCUT2D eigenvalue weighted by Gasteiger charge is -2.23. The minimum absolute atomic E-state index is 0.279. The summed E-state index contributed by atoms with van der Waals surface area (Å²) in [6.07, 6.45) is -5.01. The summed E-state index contributed by atoms with van der Waals surface area (Å²) >= 11 is 0. The van der Waals surface area contributed by atoms with Crippen LogP contribution in [0.3, 0.4) is 0 Å². The van der Waals surface area contributed by atoms with Crippen LogP contribution in [0.4, 0.5) is 13.2 Å². The fourth-order valence-corrected chi connectivity index (χ4v) is 2.02. The summed E-state index contributed by atoms with van der Waals surface area (Å²) in [6.45, 7) is 2.99. The number of aryl methyl sites for hydroxylation is 1. The minimum Gasteiger partial charge on any atom is -0.367 e. The molecule has 1 heterocycles. The maximum Gasteiger partial charge on any atom is 0.416 e. The monoisotopic (exact) mass is 273 g/mol. The van der Waals surface area contributed by atoms with Crippen LogP contribution in [0.15, 0.2) is 18.2 Å². The maximum atomic E-state index is 12.5. The highest BCUT2D eigenvalue weighted by molar-refractivity contribution is 6.01. The van der Waals surface area contributed by atoms with Gasteiger partial charge in [0, 0.05) is 18.7 Å². The minimum atomic E-state index is -4.39. The van der Waals surface area contributed by atoms with Crippen molar-refractivity contribution in [3.63, 3.8) is 0 Å². The van der Waals surface area contributed by atoms with Crippen molar-refractivity contribution < 1.29 is 22.7 Å². The largest absolute Gasteiger partial charge is 0.416 e. The quantitative estimate of drug-likeness (QED) is 0.839. The molecule has 1 unspecified atom stereocenters. The van der Waals surface area contributed by atoms with Crippen molar-refractivity contribution >= 4 is 5.78 Å². The van der Waals surface area contributed by atoms with E-state index < -0.39 is 17.8 Å². The number of ketones is 1. The van der Waals surface area contributed by atoms with E-state index in [4.69, 9.17) is 4.74 Å². The smallest absolute Gasteiger partial charge is 0.367 e. The number of ether oxygens (including phenoxy) is 1. The summed E-state index contributed by atoms with van der Waals surface area (Å²) in [5, 5.41) is 3.01. The molecule has 6 heteroatoms. The molecule has 0 amide bonds. The average Bonchev–Trinajstić information content (AvgIpc) is 2.38. The van der Waals surface area contributed by atoms with Crippen molar-refractivity contribution in [1.29, 1.82) is 0 Å². The van der Waals surface area contributed by atoms with Crippen LogP contribution in [0.2, 0.25) is 0 Å². The third-order valence-electron chi connectivity index (χ3n) is 3.04. The van der Waals surface area contributed by atoms with Crippen LogP contribution >= 0.6 is 0 Å². The lowest BCUT2D eigenvalue weighted by Crippen LogP contribution is -2.43. The Labute approximate surface area is 108 Å². The molecule has 104 valence electrons. The highest BCUT2D eigenvalue weighted by atomic mass is 19.4. The number of hydrogen-bond acceptors (Lipinski definition) is 3. The van der Waals surface area contributed by atoms with Crippen molar-refractivity contribution in [2.24, 2.45) is 0 Å². The highest BCUT2D eigenvalue weighted by Gasteiger charge is 2.32. The number of Topliss-reactive ketones (excluding diaryl/α,β-unsaturated/α-hetero) is 1. The number of hydrogen-bond donors (Lipinski definition) is 1. The molecule has 0 aromatic heterocycles. The van der Waals surface area contributed by atoms with Gasteiger partial charge in [-0.05, 0) is 24.6 Å². The molecule has 1 saturated heterocycles. The number of alkyl halides is 3. The molecule has 1 aromatic carbocycles. The SMILES string of the molecule is Cc1cc(C(F)(F)F)ccc1C(=O)C1CNCCO1. The first kappa shape index (κ1) is 14.0. The molecular weight excluding hydrogens is 259 g/mol. The predicted molar refractivity (Wildman–Crippen MR) is 63.1 cm³/mol. The molecule has 2 rings (SSSR count). The third kappa shape index (κ3) is 3.13. The molecule has 1 atom stereocenters. The van der Waals surface area contributed by atoms with E-state index in [1.54, 1.807) is 0 Å². The second-order valence-corrected chi connectivity index (χ2v) is 4.46. The Balaban J connectivity index is 2.23. The van der Waals surface area contributed by atoms with Gasteiger partial charge in [0.05, 0.1) is 12.2 Å². The van der Waals surface area contributed by atoms with Gasteiger partial charge < -0.3 is 10.1 Å². The molecule has 1 aliphatic heterocycles. The van der Waals surface area contributed by atoms with E-state index in [0.29, 0.717) is 25.3 Å². The van der Waals surface area contributed by atoms with Crippen LogP contribution in [0, 0.1) is 6.92 Å². The number of carbonyl (C=O) groups excluding carboxylic acids is 1. The first-order valence-corrected chi connectivity index (χ1v) is 5.94. The van der Waals surface area contributed by atoms with E-state index in [-0.39, 0.29) is 11.3 Å². The van der Waals surface area contributed by atoms with E-state index in [0.717, 1.165) is 12.1 Å². The first-order valence-electron chi connectivity index (χ1n) is 5.94. The Morgan fingerprint density at radius 1 is 1.42 bits per heavy atom. The average molecular weight is 273 g/mol. The second-order valence-electron chi connectivity index (χ2n) is 4.46. The van der Waals surface area contributed by atoms with E-state index >= 15 is 0 Å². The van der Waals surface area contributed by atoms with Crippen molar-refractivity contribution in [3.05, 3.63) is 34.9 Å². The molecular formula is C13H14F3NO2. The van der Waals surface area contributed by atoms with Gasteiger partial charge in [-0.15, -0.1) is 0 Å². The first-order chi connectivity index (χ1) is 8.89. The molecule has 19 heavy (non-hydrogen) atoms. The number of halogens is 3. The van der Waals surface area contributed by atoms with Crippen LogP contribution in [-0.4, -0.2) is 31.6 Å². The third-order valence-corrected chi connectivity index (χ3v) is 3.04. The number of benzene rings is 1. The normalized spacial score (nSPS) is 20.3. The fourth-order valence-electron chi connectivity index (χ4n) is 2.02. The Kier molecular flexibility index (Phi) is 3.91. The second kappa shape index (κ2) is 5.30. The van der Waals surface area contributed by atoms with Gasteiger partial charge in [0.15, 0.2) is 5.78 Å². The molecule has 0 radical (unpaired) electrons. The van der Waals surface area contributed by atoms with Crippen molar-refractivity contribution in [2.75, 3.05) is 19.7 Å². The van der Waals surface area contributed by atoms with Gasteiger partial charge in [0.2, 0.25) is 0 Å². The van der Waals surface area contributed by atoms with Gasteiger partial charge >= 0.3 is 6.18 Å². The Morgan fingerprint density at radius 2 is 2.16 bits per heavy atom. The lowest BCUT2D eigenvalue weighted by molar-refractivity contribution is -0.137. The van der Waals surface area contributed by atoms with Crippen LogP contribution in [0.1, 0.15) is 21.5 Å². The topological polar surface area (TPSA) is 38.3 Å². The zero-order valence-electron chi connectivity index (χ0n) is 10.4. The summed E-state index contributed by atoms with van der Waals surface area (Å²) in [5.74, 6) is -0.279. The Morgan fingerprint density at radius 3 is 2.68 bits per heavy atom. The summed E-state index contributed by atoms with van der Waals surface area (Å²) < 4.78 is 42.9. The predicted octanol–water partition coefficient (Wildman–Crippen LogP) is 2.18. The summed E-state index contributed by atoms with van der Waals surface area (Å²) in [5.41, 5.74) is -0.153. The van der Waals surface area contributed by atoms with Crippen LogP contribution in [0.25, 0.3) is 0 Å². The standard InChI is InChI=1S/C13H14F3NO2/c1-8-6-9(13(14,15)16)2-3-10(8)12(18)11-7-17-4-5-19-11/h2-3,6,11,17H,4-5,7H2,1H3. The number of morpholine rings is 1. The molecule has 3 nitrogen and oxygen atoms in total. The van der Waals surface area contributed by atoms with E-state index in [9.17, 15) is 18.0 Å². The van der Waals surface area contributed by atoms with Crippen molar-refractivity contribution in [2.45, 2.75) is 19.2 Å². The van der Waals surface area contributed by atoms with Crippen LogP contribution < -0.4 is 5.32 Å². The summed E-state index contributed by atoms with van der Waals surface area (Å²) in [7, 11) is 0. The van der Waals surface area contributed by atoms with Crippen molar-refractivity contribution in [1.82, 2.24) is 5.32 Å². The molecule has 1 fully saturated rings. The van der Waals surface area contributed by atoms with E-state index in [1.165, 1.54) is 13.0 Å². The summed E-state index contributed by atoms with van der Waals surface area (Å²) in [4.78, 5) is 12.1. The van der Waals surface area contributed by atoms with E-state index in [1.807, 2.05) is 0 Å². The maximum absolute atomic E-state index is 12.5. The van der Waals surface area contributed by atoms with Gasteiger partial charge in [-0.3, -0.25) is 4.79 Å². The van der Waals surface area contributed by atoms with Gasteiger partial charge in [-0.2, -0.15) is 13.2 Å². The summed E-state index contributed by atoms with van der Waals surface area (Å²) in [6, 6.07) is 3.14. The highest BCUT2D eigenvalue weighted by Crippen LogP contribution is 2.30. The van der Waals surface area contributed by atoms with Crippen LogP contribution in [-0.2, 0) is 10.9 Å².